The van der Waals surface area contributed by atoms with E-state index in [0.29, 0.717) is 29.9 Å². The molecule has 0 spiro atoms. The molecular formula is C20H37N9O3. The number of rotatable bonds is 12. The number of aromatic nitrogens is 3. The second kappa shape index (κ2) is 13.1. The van der Waals surface area contributed by atoms with Gasteiger partial charge in [0.05, 0.1) is 12.5 Å². The Balaban J connectivity index is 2.27. The third-order valence-electron chi connectivity index (χ3n) is 5.44. The summed E-state index contributed by atoms with van der Waals surface area (Å²) in [6, 6.07) is 0. The highest BCUT2D eigenvalue weighted by atomic mass is 16.5. The highest BCUT2D eigenvalue weighted by Crippen LogP contribution is 2.20. The molecule has 2 heterocycles. The van der Waals surface area contributed by atoms with Gasteiger partial charge < -0.3 is 15.1 Å². The molecule has 32 heavy (non-hydrogen) atoms. The minimum atomic E-state index is -0.670. The van der Waals surface area contributed by atoms with E-state index in [-0.39, 0.29) is 18.9 Å². The molecule has 1 aliphatic rings. The number of hydrogen-bond acceptors (Lipinski definition) is 10. The first kappa shape index (κ1) is 25.7. The van der Waals surface area contributed by atoms with E-state index in [9.17, 15) is 14.8 Å². The van der Waals surface area contributed by atoms with Gasteiger partial charge in [0, 0.05) is 26.2 Å². The lowest BCUT2D eigenvalue weighted by atomic mass is 10.00. The van der Waals surface area contributed by atoms with E-state index in [1.165, 1.54) is 0 Å². The first-order chi connectivity index (χ1) is 15.4. The number of carbonyl (C=O) groups is 2. The van der Waals surface area contributed by atoms with Crippen molar-refractivity contribution >= 4 is 30.2 Å². The fourth-order valence-electron chi connectivity index (χ4n) is 3.58. The number of hydrazine groups is 1. The number of amides is 2. The summed E-state index contributed by atoms with van der Waals surface area (Å²) in [7, 11) is 2.08. The van der Waals surface area contributed by atoms with Gasteiger partial charge in [0.15, 0.2) is 0 Å². The fraction of sp³-hybridized carbons (Fsp3) is 0.750. The monoisotopic (exact) mass is 451 g/mol. The van der Waals surface area contributed by atoms with Crippen LogP contribution in [0.4, 0.5) is 17.8 Å². The van der Waals surface area contributed by atoms with Crippen LogP contribution in [0.25, 0.3) is 0 Å². The molecule has 0 aromatic carbocycles. The zero-order valence-corrected chi connectivity index (χ0v) is 19.4. The van der Waals surface area contributed by atoms with Gasteiger partial charge >= 0.3 is 0 Å². The highest BCUT2D eigenvalue weighted by molar-refractivity contribution is 5.92. The van der Waals surface area contributed by atoms with Gasteiger partial charge in [-0.1, -0.05) is 26.2 Å². The van der Waals surface area contributed by atoms with Crippen molar-refractivity contribution in [2.24, 2.45) is 11.8 Å². The van der Waals surface area contributed by atoms with Crippen LogP contribution >= 0.6 is 0 Å². The predicted molar refractivity (Wildman–Crippen MR) is 122 cm³/mol. The van der Waals surface area contributed by atoms with Crippen LogP contribution in [-0.2, 0) is 9.59 Å². The van der Waals surface area contributed by atoms with Crippen molar-refractivity contribution in [1.82, 2.24) is 24.9 Å². The maximum absolute atomic E-state index is 13.2. The lowest BCUT2D eigenvalue weighted by molar-refractivity contribution is -0.154. The summed E-state index contributed by atoms with van der Waals surface area (Å²) in [6.07, 6.45) is 4.43. The summed E-state index contributed by atoms with van der Waals surface area (Å²) in [4.78, 5) is 41.7. The summed E-state index contributed by atoms with van der Waals surface area (Å²) < 4.78 is 0. The summed E-state index contributed by atoms with van der Waals surface area (Å²) in [6.45, 7) is 7.85. The fourth-order valence-corrected chi connectivity index (χ4v) is 3.58. The Kier molecular flexibility index (Phi) is 10.5. The Morgan fingerprint density at radius 3 is 2.69 bits per heavy atom. The molecule has 12 nitrogen and oxygen atoms in total. The maximum atomic E-state index is 13.2. The van der Waals surface area contributed by atoms with E-state index in [1.54, 1.807) is 0 Å². The van der Waals surface area contributed by atoms with Crippen LogP contribution in [-0.4, -0.2) is 88.8 Å². The largest absolute Gasteiger partial charge is 0.354 e. The molecule has 2 rings (SSSR count). The molecule has 1 aromatic rings. The molecule has 180 valence electrons. The van der Waals surface area contributed by atoms with Crippen LogP contribution in [0, 0.1) is 5.92 Å². The van der Waals surface area contributed by atoms with E-state index >= 15 is 0 Å². The molecular weight excluding hydrogens is 414 g/mol. The second-order valence-electron chi connectivity index (χ2n) is 8.06. The Hall–Kier alpha value is -2.57. The van der Waals surface area contributed by atoms with E-state index in [1.807, 2.05) is 6.92 Å². The molecule has 2 amide bonds. The van der Waals surface area contributed by atoms with E-state index in [4.69, 9.17) is 5.84 Å². The lowest BCUT2D eigenvalue weighted by Gasteiger charge is -2.25. The number of nitrogens with zero attached hydrogens (tertiary/aromatic N) is 7. The number of anilines is 3. The van der Waals surface area contributed by atoms with Crippen LogP contribution in [0.5, 0.6) is 0 Å². The van der Waals surface area contributed by atoms with Crippen LogP contribution < -0.4 is 21.1 Å². The molecule has 0 saturated carbocycles. The molecule has 0 unspecified atom stereocenters. The van der Waals surface area contributed by atoms with Gasteiger partial charge in [-0.25, -0.2) is 15.9 Å². The van der Waals surface area contributed by atoms with Gasteiger partial charge in [-0.2, -0.15) is 15.0 Å². The molecule has 1 aliphatic heterocycles. The highest BCUT2D eigenvalue weighted by Gasteiger charge is 2.28. The molecule has 4 N–H and O–H groups in total. The SMILES string of the molecule is CCCCC[C@H](CN(O)C=O)C(=O)N(N)c1nc(NCC)nc(N2CCCN(C)CC2)n1. The average Bonchev–Trinajstić information content (AvgIpc) is 3.01. The van der Waals surface area contributed by atoms with Gasteiger partial charge in [0.1, 0.15) is 0 Å². The number of unbranched alkanes of at least 4 members (excludes halogenated alkanes) is 2. The number of nitrogens with two attached hydrogens (primary N) is 1. The van der Waals surface area contributed by atoms with Crippen molar-refractivity contribution < 1.29 is 14.8 Å². The third-order valence-corrected chi connectivity index (χ3v) is 5.44. The van der Waals surface area contributed by atoms with Crippen LogP contribution in [0.2, 0.25) is 0 Å². The van der Waals surface area contributed by atoms with Crippen molar-refractivity contribution in [3.05, 3.63) is 0 Å². The Morgan fingerprint density at radius 1 is 1.22 bits per heavy atom. The Labute approximate surface area is 189 Å². The zero-order chi connectivity index (χ0) is 23.5. The Bertz CT molecular complexity index is 736. The smallest absolute Gasteiger partial charge is 0.253 e. The van der Waals surface area contributed by atoms with Crippen LogP contribution in [0.1, 0.15) is 46.0 Å². The lowest BCUT2D eigenvalue weighted by Crippen LogP contribution is -2.46. The van der Waals surface area contributed by atoms with Crippen molar-refractivity contribution in [3.63, 3.8) is 0 Å². The second-order valence-corrected chi connectivity index (χ2v) is 8.06. The van der Waals surface area contributed by atoms with Crippen LogP contribution in [0.15, 0.2) is 0 Å². The van der Waals surface area contributed by atoms with Gasteiger partial charge in [-0.15, -0.1) is 0 Å². The van der Waals surface area contributed by atoms with Crippen molar-refractivity contribution in [2.45, 2.75) is 46.0 Å². The first-order valence-electron chi connectivity index (χ1n) is 11.3. The standard InChI is InChI=1S/C20H37N9O3/c1-4-6-7-9-16(14-28(32)15-30)17(31)29(21)20-24-18(22-5-2)23-19(25-20)27-11-8-10-26(3)12-13-27/h15-16,32H,4-14,21H2,1-3H3,(H,22,23,24,25)/t16-/m1/s1. The summed E-state index contributed by atoms with van der Waals surface area (Å²) in [5.41, 5.74) is 0. The minimum Gasteiger partial charge on any atom is -0.354 e. The number of likely N-dealkylation sites (N-methyl/N-ethyl adjacent to an activating group) is 1. The summed E-state index contributed by atoms with van der Waals surface area (Å²) in [5.74, 6) is 5.87. The Morgan fingerprint density at radius 2 is 2.00 bits per heavy atom. The van der Waals surface area contributed by atoms with Gasteiger partial charge in [-0.3, -0.25) is 14.8 Å². The van der Waals surface area contributed by atoms with Gasteiger partial charge in [0.2, 0.25) is 24.2 Å². The molecule has 1 fully saturated rings. The first-order valence-corrected chi connectivity index (χ1v) is 11.3. The number of hydrogen-bond donors (Lipinski definition) is 3. The van der Waals surface area contributed by atoms with Crippen molar-refractivity contribution in [1.29, 1.82) is 0 Å². The average molecular weight is 452 g/mol. The van der Waals surface area contributed by atoms with Crippen molar-refractivity contribution in [3.8, 4) is 0 Å². The molecule has 1 aromatic heterocycles. The molecule has 1 atom stereocenters. The quantitative estimate of drug-likeness (QED) is 0.104. The maximum Gasteiger partial charge on any atom is 0.253 e. The molecule has 0 radical (unpaired) electrons. The normalized spacial score (nSPS) is 15.7. The molecule has 0 aliphatic carbocycles. The van der Waals surface area contributed by atoms with E-state index < -0.39 is 11.8 Å². The van der Waals surface area contributed by atoms with Gasteiger partial charge in [-0.05, 0) is 33.4 Å². The zero-order valence-electron chi connectivity index (χ0n) is 19.4. The number of carbonyl (C=O) groups excluding carboxylic acids is 2. The molecule has 12 heteroatoms. The van der Waals surface area contributed by atoms with Gasteiger partial charge in [0.25, 0.3) is 5.95 Å². The topological polar surface area (TPSA) is 144 Å². The number of hydroxylamine groups is 2. The minimum absolute atomic E-state index is 0.0321. The van der Waals surface area contributed by atoms with Crippen LogP contribution in [0.3, 0.4) is 0 Å². The molecule has 0 bridgehead atoms. The van der Waals surface area contributed by atoms with Crippen molar-refractivity contribution in [2.75, 3.05) is 61.5 Å². The molecule has 1 saturated heterocycles. The number of nitrogens with one attached hydrogen (secondary N) is 1. The third kappa shape index (κ3) is 7.53. The van der Waals surface area contributed by atoms with E-state index in [2.05, 4.69) is 44.0 Å². The summed E-state index contributed by atoms with van der Waals surface area (Å²) in [5, 5.41) is 14.1. The summed E-state index contributed by atoms with van der Waals surface area (Å²) >= 11 is 0. The predicted octanol–water partition coefficient (Wildman–Crippen LogP) is 0.696. The van der Waals surface area contributed by atoms with E-state index in [0.717, 1.165) is 56.9 Å².